The first-order valence-electron chi connectivity index (χ1n) is 9.77. The number of carbonyl (C=O) groups excluding carboxylic acids is 1. The van der Waals surface area contributed by atoms with Crippen molar-refractivity contribution in [3.05, 3.63) is 62.4 Å². The molecule has 1 aromatic carbocycles. The van der Waals surface area contributed by atoms with Crippen LogP contribution in [-0.4, -0.2) is 20.6 Å². The van der Waals surface area contributed by atoms with Gasteiger partial charge in [-0.05, 0) is 30.5 Å². The lowest BCUT2D eigenvalue weighted by Crippen LogP contribution is -2.44. The number of fused-ring (bicyclic) bond motifs is 5. The summed E-state index contributed by atoms with van der Waals surface area (Å²) >= 11 is 0. The molecule has 1 unspecified atom stereocenters. The Morgan fingerprint density at radius 2 is 1.90 bits per heavy atom. The fourth-order valence-electron chi connectivity index (χ4n) is 4.56. The summed E-state index contributed by atoms with van der Waals surface area (Å²) in [4.78, 5) is 30.0. The highest BCUT2D eigenvalue weighted by Gasteiger charge is 2.45. The second-order valence-electron chi connectivity index (χ2n) is 7.66. The van der Waals surface area contributed by atoms with E-state index >= 15 is 0 Å². The number of aryl methyl sites for hydroxylation is 1. The van der Waals surface area contributed by atoms with Crippen molar-refractivity contribution in [2.75, 3.05) is 0 Å². The minimum Gasteiger partial charge on any atom is -0.458 e. The predicted octanol–water partition coefficient (Wildman–Crippen LogP) is 2.92. The largest absolute Gasteiger partial charge is 0.458 e. The first kappa shape index (κ1) is 18.9. The molecule has 1 N–H and O–H groups in total. The maximum absolute atomic E-state index is 13.9. The SMILES string of the molecule is CCc1c2c(nc3cc(F)c(F)cc13)-c1cc3c(c(=O)n1C2)COC(=O)C3(O)CC. The average molecular weight is 412 g/mol. The average Bonchev–Trinajstić information content (AvgIpc) is 3.09. The zero-order valence-corrected chi connectivity index (χ0v) is 16.4. The standard InChI is InChI=1S/C22H18F2N2O4/c1-3-10-11-5-15(23)16(24)7-17(11)25-19-12(10)8-26-18(19)6-14-13(20(26)27)9-30-21(28)22(14,29)4-2/h5-7,29H,3-4,8-9H2,1-2H3. The van der Waals surface area contributed by atoms with Gasteiger partial charge in [0.05, 0.1) is 29.0 Å². The van der Waals surface area contributed by atoms with Gasteiger partial charge >= 0.3 is 5.97 Å². The van der Waals surface area contributed by atoms with Crippen LogP contribution in [-0.2, 0) is 34.7 Å². The predicted molar refractivity (Wildman–Crippen MR) is 104 cm³/mol. The number of hydrogen-bond acceptors (Lipinski definition) is 5. The summed E-state index contributed by atoms with van der Waals surface area (Å²) in [6, 6.07) is 3.78. The zero-order chi connectivity index (χ0) is 21.4. The van der Waals surface area contributed by atoms with Crippen molar-refractivity contribution < 1.29 is 23.4 Å². The highest BCUT2D eigenvalue weighted by molar-refractivity contribution is 5.89. The number of aliphatic hydroxyl groups is 1. The van der Waals surface area contributed by atoms with Gasteiger partial charge in [0.1, 0.15) is 6.61 Å². The van der Waals surface area contributed by atoms with Crippen LogP contribution < -0.4 is 5.56 Å². The highest BCUT2D eigenvalue weighted by atomic mass is 19.2. The van der Waals surface area contributed by atoms with E-state index < -0.39 is 23.2 Å². The normalized spacial score (nSPS) is 19.4. The molecule has 8 heteroatoms. The smallest absolute Gasteiger partial charge is 0.343 e. The van der Waals surface area contributed by atoms with Gasteiger partial charge in [-0.1, -0.05) is 13.8 Å². The van der Waals surface area contributed by atoms with Gasteiger partial charge in [-0.3, -0.25) is 4.79 Å². The van der Waals surface area contributed by atoms with Gasteiger partial charge in [0.15, 0.2) is 17.2 Å². The fraction of sp³-hybridized carbons (Fsp3) is 0.318. The minimum atomic E-state index is -1.91. The van der Waals surface area contributed by atoms with Gasteiger partial charge < -0.3 is 14.4 Å². The maximum Gasteiger partial charge on any atom is 0.343 e. The Morgan fingerprint density at radius 1 is 1.17 bits per heavy atom. The molecule has 6 nitrogen and oxygen atoms in total. The number of ether oxygens (including phenoxy) is 1. The molecule has 0 saturated carbocycles. The summed E-state index contributed by atoms with van der Waals surface area (Å²) in [5, 5.41) is 11.4. The van der Waals surface area contributed by atoms with Crippen LogP contribution in [0.25, 0.3) is 22.3 Å². The lowest BCUT2D eigenvalue weighted by Gasteiger charge is -2.31. The van der Waals surface area contributed by atoms with Crippen molar-refractivity contribution in [2.24, 2.45) is 0 Å². The number of carbonyl (C=O) groups is 1. The van der Waals surface area contributed by atoms with Crippen LogP contribution in [0.2, 0.25) is 0 Å². The van der Waals surface area contributed by atoms with E-state index in [9.17, 15) is 23.5 Å². The van der Waals surface area contributed by atoms with Gasteiger partial charge in [0.2, 0.25) is 0 Å². The Hall–Kier alpha value is -3.13. The molecule has 1 atom stereocenters. The van der Waals surface area contributed by atoms with E-state index in [1.54, 1.807) is 13.0 Å². The molecule has 0 bridgehead atoms. The van der Waals surface area contributed by atoms with Gasteiger partial charge in [-0.15, -0.1) is 0 Å². The van der Waals surface area contributed by atoms with Crippen LogP contribution in [0.15, 0.2) is 23.0 Å². The number of rotatable bonds is 2. The number of aromatic nitrogens is 2. The Kier molecular flexibility index (Phi) is 3.89. The van der Waals surface area contributed by atoms with Crippen LogP contribution >= 0.6 is 0 Å². The third-order valence-electron chi connectivity index (χ3n) is 6.20. The molecule has 4 heterocycles. The molecule has 0 spiro atoms. The van der Waals surface area contributed by atoms with Crippen molar-refractivity contribution >= 4 is 16.9 Å². The minimum absolute atomic E-state index is 0.0461. The number of esters is 1. The van der Waals surface area contributed by atoms with Crippen molar-refractivity contribution in [2.45, 2.75) is 45.4 Å². The van der Waals surface area contributed by atoms with Crippen LogP contribution in [0.3, 0.4) is 0 Å². The molecule has 30 heavy (non-hydrogen) atoms. The van der Waals surface area contributed by atoms with Crippen LogP contribution in [0, 0.1) is 11.6 Å². The van der Waals surface area contributed by atoms with E-state index in [-0.39, 0.29) is 41.8 Å². The van der Waals surface area contributed by atoms with Crippen molar-refractivity contribution in [1.82, 2.24) is 9.55 Å². The van der Waals surface area contributed by atoms with Gasteiger partial charge in [0, 0.05) is 22.6 Å². The lowest BCUT2D eigenvalue weighted by atomic mass is 9.86. The van der Waals surface area contributed by atoms with E-state index in [1.807, 2.05) is 6.92 Å². The summed E-state index contributed by atoms with van der Waals surface area (Å²) in [5.41, 5.74) is 0.905. The number of pyridine rings is 2. The molecular formula is C22H18F2N2O4. The van der Waals surface area contributed by atoms with E-state index in [2.05, 4.69) is 4.98 Å². The number of benzene rings is 1. The second kappa shape index (κ2) is 6.18. The number of nitrogens with zero attached hydrogens (tertiary/aromatic N) is 2. The van der Waals surface area contributed by atoms with Gasteiger partial charge in [0.25, 0.3) is 5.56 Å². The summed E-state index contributed by atoms with van der Waals surface area (Å²) in [5.74, 6) is -2.75. The monoisotopic (exact) mass is 412 g/mol. The molecular weight excluding hydrogens is 394 g/mol. The number of cyclic esters (lactones) is 1. The van der Waals surface area contributed by atoms with Crippen LogP contribution in [0.1, 0.15) is 42.5 Å². The summed E-state index contributed by atoms with van der Waals surface area (Å²) in [7, 11) is 0. The van der Waals surface area contributed by atoms with E-state index in [1.165, 1.54) is 4.57 Å². The van der Waals surface area contributed by atoms with Crippen LogP contribution in [0.5, 0.6) is 0 Å². The Bertz CT molecular complexity index is 1330. The quantitative estimate of drug-likeness (QED) is 0.512. The highest BCUT2D eigenvalue weighted by Crippen LogP contribution is 2.40. The van der Waals surface area contributed by atoms with Crippen molar-refractivity contribution in [3.8, 4) is 11.4 Å². The molecule has 0 aliphatic carbocycles. The molecule has 5 rings (SSSR count). The zero-order valence-electron chi connectivity index (χ0n) is 16.4. The van der Waals surface area contributed by atoms with Crippen molar-refractivity contribution in [1.29, 1.82) is 0 Å². The maximum atomic E-state index is 13.9. The van der Waals surface area contributed by atoms with Crippen LogP contribution in [0.4, 0.5) is 8.78 Å². The molecule has 2 aliphatic rings. The summed E-state index contributed by atoms with van der Waals surface area (Å²) < 4.78 is 34.3. The summed E-state index contributed by atoms with van der Waals surface area (Å²) in [6.45, 7) is 3.54. The number of hydrogen-bond donors (Lipinski definition) is 1. The number of halogens is 2. The van der Waals surface area contributed by atoms with Gasteiger partial charge in [-0.25, -0.2) is 18.6 Å². The van der Waals surface area contributed by atoms with E-state index in [4.69, 9.17) is 4.74 Å². The molecule has 2 aliphatic heterocycles. The second-order valence-corrected chi connectivity index (χ2v) is 7.66. The molecule has 3 aromatic rings. The summed E-state index contributed by atoms with van der Waals surface area (Å²) in [6.07, 6.45) is 0.583. The third-order valence-corrected chi connectivity index (χ3v) is 6.20. The molecule has 0 radical (unpaired) electrons. The molecule has 0 saturated heterocycles. The molecule has 0 fully saturated rings. The molecule has 154 valence electrons. The first-order valence-corrected chi connectivity index (χ1v) is 9.77. The van der Waals surface area contributed by atoms with Gasteiger partial charge in [-0.2, -0.15) is 0 Å². The Balaban J connectivity index is 1.84. The molecule has 2 aromatic heterocycles. The lowest BCUT2D eigenvalue weighted by molar-refractivity contribution is -0.172. The molecule has 0 amide bonds. The fourth-order valence-corrected chi connectivity index (χ4v) is 4.56. The van der Waals surface area contributed by atoms with Crippen molar-refractivity contribution in [3.63, 3.8) is 0 Å². The Morgan fingerprint density at radius 3 is 2.60 bits per heavy atom. The topological polar surface area (TPSA) is 81.4 Å². The first-order chi connectivity index (χ1) is 14.3. The Labute approximate surface area is 169 Å². The third kappa shape index (κ3) is 2.28. The van der Waals surface area contributed by atoms with E-state index in [0.29, 0.717) is 23.2 Å². The van der Waals surface area contributed by atoms with E-state index in [0.717, 1.165) is 23.3 Å².